The average Bonchev–Trinajstić information content (AvgIpc) is 2.95. The zero-order valence-corrected chi connectivity index (χ0v) is 17.5. The fourth-order valence-electron chi connectivity index (χ4n) is 7.72. The molecule has 2 heteroatoms. The van der Waals surface area contributed by atoms with Crippen molar-refractivity contribution >= 4 is 5.78 Å². The van der Waals surface area contributed by atoms with Crippen LogP contribution in [0.3, 0.4) is 0 Å². The van der Waals surface area contributed by atoms with Crippen LogP contribution in [0, 0.1) is 34.5 Å². The van der Waals surface area contributed by atoms with Gasteiger partial charge in [-0.3, -0.25) is 4.79 Å². The van der Waals surface area contributed by atoms with Crippen molar-refractivity contribution in [3.63, 3.8) is 0 Å². The number of aliphatic hydroxyl groups is 1. The van der Waals surface area contributed by atoms with Crippen molar-refractivity contribution < 1.29 is 9.90 Å². The largest absolute Gasteiger partial charge is 0.393 e. The third kappa shape index (κ3) is 3.07. The van der Waals surface area contributed by atoms with Crippen molar-refractivity contribution in [3.05, 3.63) is 23.8 Å². The number of aliphatic hydroxyl groups excluding tert-OH is 1. The molecule has 4 rings (SSSR count). The molecule has 0 bridgehead atoms. The number of allylic oxidation sites excluding steroid dienone is 4. The monoisotopic (exact) mass is 370 g/mol. The average molecular weight is 371 g/mol. The first-order valence-corrected chi connectivity index (χ1v) is 11.5. The number of hydrogen-bond acceptors (Lipinski definition) is 2. The molecule has 4 aliphatic rings. The predicted octanol–water partition coefficient (Wildman–Crippen LogP) is 5.85. The van der Waals surface area contributed by atoms with E-state index >= 15 is 0 Å². The lowest BCUT2D eigenvalue weighted by Gasteiger charge is -2.59. The molecule has 7 atom stereocenters. The second-order valence-corrected chi connectivity index (χ2v) is 10.4. The van der Waals surface area contributed by atoms with E-state index in [1.165, 1.54) is 50.5 Å². The Morgan fingerprint density at radius 1 is 1.15 bits per heavy atom. The summed E-state index contributed by atoms with van der Waals surface area (Å²) in [4.78, 5) is 11.9. The normalized spacial score (nSPS) is 45.9. The maximum Gasteiger partial charge on any atom is 0.178 e. The molecule has 0 saturated heterocycles. The number of unbranched alkanes of at least 4 members (excludes halogenated alkanes) is 3. The topological polar surface area (TPSA) is 37.3 Å². The standard InChI is InChI=1S/C25H38O2/c1-4-5-6-7-8-17-10-12-21-20-11-9-18-15-19(26)13-14-24(18,2)23(20)22(27)16-25(17,21)3/h13-15,17,20-23,27H,4-12,16H2,1-3H3. The van der Waals surface area contributed by atoms with E-state index in [-0.39, 0.29) is 17.3 Å². The van der Waals surface area contributed by atoms with Crippen molar-refractivity contribution in [1.82, 2.24) is 0 Å². The van der Waals surface area contributed by atoms with Crippen LogP contribution in [0.4, 0.5) is 0 Å². The molecular formula is C25H38O2. The van der Waals surface area contributed by atoms with Gasteiger partial charge in [-0.15, -0.1) is 0 Å². The first kappa shape index (κ1) is 19.4. The second kappa shape index (κ2) is 7.17. The Hall–Kier alpha value is -0.890. The Bertz CT molecular complexity index is 647. The molecule has 7 unspecified atom stereocenters. The molecule has 3 fully saturated rings. The van der Waals surface area contributed by atoms with Crippen LogP contribution in [0.5, 0.6) is 0 Å². The molecule has 0 radical (unpaired) electrons. The van der Waals surface area contributed by atoms with Gasteiger partial charge in [0.1, 0.15) is 0 Å². The molecule has 0 aromatic rings. The van der Waals surface area contributed by atoms with Gasteiger partial charge in [-0.05, 0) is 73.8 Å². The third-order valence-corrected chi connectivity index (χ3v) is 9.10. The minimum absolute atomic E-state index is 0.114. The minimum Gasteiger partial charge on any atom is -0.393 e. The number of hydrogen-bond donors (Lipinski definition) is 1. The number of carbonyl (C=O) groups excluding carboxylic acids is 1. The highest BCUT2D eigenvalue weighted by Gasteiger charge is 2.61. The van der Waals surface area contributed by atoms with Gasteiger partial charge in [0.25, 0.3) is 0 Å². The molecule has 150 valence electrons. The smallest absolute Gasteiger partial charge is 0.178 e. The van der Waals surface area contributed by atoms with Crippen LogP contribution >= 0.6 is 0 Å². The van der Waals surface area contributed by atoms with E-state index in [0.717, 1.165) is 31.1 Å². The first-order chi connectivity index (χ1) is 12.9. The predicted molar refractivity (Wildman–Crippen MR) is 110 cm³/mol. The molecule has 0 aliphatic heterocycles. The lowest BCUT2D eigenvalue weighted by Crippen LogP contribution is -2.55. The van der Waals surface area contributed by atoms with Gasteiger partial charge >= 0.3 is 0 Å². The minimum atomic E-state index is -0.237. The van der Waals surface area contributed by atoms with Crippen molar-refractivity contribution in [2.24, 2.45) is 34.5 Å². The van der Waals surface area contributed by atoms with Gasteiger partial charge < -0.3 is 5.11 Å². The maximum absolute atomic E-state index is 11.9. The number of rotatable bonds is 5. The summed E-state index contributed by atoms with van der Waals surface area (Å²) in [7, 11) is 0. The van der Waals surface area contributed by atoms with E-state index in [2.05, 4.69) is 26.8 Å². The number of carbonyl (C=O) groups is 1. The van der Waals surface area contributed by atoms with Crippen molar-refractivity contribution in [3.8, 4) is 0 Å². The highest BCUT2D eigenvalue weighted by molar-refractivity contribution is 6.01. The van der Waals surface area contributed by atoms with Gasteiger partial charge in [0.2, 0.25) is 0 Å². The van der Waals surface area contributed by atoms with E-state index < -0.39 is 0 Å². The molecule has 0 amide bonds. The van der Waals surface area contributed by atoms with Crippen molar-refractivity contribution in [2.45, 2.75) is 91.1 Å². The zero-order chi connectivity index (χ0) is 19.2. The summed E-state index contributed by atoms with van der Waals surface area (Å²) in [5, 5.41) is 11.4. The van der Waals surface area contributed by atoms with Crippen LogP contribution < -0.4 is 0 Å². The lowest BCUT2D eigenvalue weighted by molar-refractivity contribution is -0.119. The summed E-state index contributed by atoms with van der Waals surface area (Å²) < 4.78 is 0. The van der Waals surface area contributed by atoms with Crippen LogP contribution in [-0.4, -0.2) is 17.0 Å². The van der Waals surface area contributed by atoms with E-state index in [9.17, 15) is 9.90 Å². The van der Waals surface area contributed by atoms with Gasteiger partial charge in [-0.2, -0.15) is 0 Å². The summed E-state index contributed by atoms with van der Waals surface area (Å²) in [6, 6.07) is 0. The molecule has 3 saturated carbocycles. The molecule has 0 heterocycles. The van der Waals surface area contributed by atoms with Crippen LogP contribution in [0.25, 0.3) is 0 Å². The number of fused-ring (bicyclic) bond motifs is 5. The van der Waals surface area contributed by atoms with E-state index in [0.29, 0.717) is 17.3 Å². The lowest BCUT2D eigenvalue weighted by atomic mass is 9.46. The van der Waals surface area contributed by atoms with Gasteiger partial charge in [-0.25, -0.2) is 0 Å². The zero-order valence-electron chi connectivity index (χ0n) is 17.5. The molecule has 0 aromatic carbocycles. The molecule has 4 aliphatic carbocycles. The van der Waals surface area contributed by atoms with Gasteiger partial charge in [-0.1, -0.05) is 58.1 Å². The molecular weight excluding hydrogens is 332 g/mol. The summed E-state index contributed by atoms with van der Waals surface area (Å²) in [5.41, 5.74) is 1.48. The summed E-state index contributed by atoms with van der Waals surface area (Å²) in [6.07, 6.45) is 18.1. The van der Waals surface area contributed by atoms with Gasteiger partial charge in [0.15, 0.2) is 5.78 Å². The summed E-state index contributed by atoms with van der Waals surface area (Å²) in [5.74, 6) is 2.58. The molecule has 1 N–H and O–H groups in total. The van der Waals surface area contributed by atoms with Gasteiger partial charge in [0, 0.05) is 11.3 Å². The Morgan fingerprint density at radius 3 is 2.74 bits per heavy atom. The van der Waals surface area contributed by atoms with E-state index in [1.807, 2.05) is 6.08 Å². The second-order valence-electron chi connectivity index (χ2n) is 10.4. The third-order valence-electron chi connectivity index (χ3n) is 9.10. The Morgan fingerprint density at radius 2 is 1.96 bits per heavy atom. The Labute approximate surface area is 165 Å². The van der Waals surface area contributed by atoms with Crippen molar-refractivity contribution in [2.75, 3.05) is 0 Å². The molecule has 0 spiro atoms. The molecule has 27 heavy (non-hydrogen) atoms. The van der Waals surface area contributed by atoms with Crippen LogP contribution in [0.2, 0.25) is 0 Å². The highest BCUT2D eigenvalue weighted by atomic mass is 16.3. The number of ketones is 1. The summed E-state index contributed by atoms with van der Waals surface area (Å²) >= 11 is 0. The van der Waals surface area contributed by atoms with Crippen LogP contribution in [0.1, 0.15) is 85.0 Å². The Kier molecular flexibility index (Phi) is 5.16. The fourth-order valence-corrected chi connectivity index (χ4v) is 7.72. The van der Waals surface area contributed by atoms with E-state index in [1.54, 1.807) is 6.08 Å². The fraction of sp³-hybridized carbons (Fsp3) is 0.800. The van der Waals surface area contributed by atoms with Crippen LogP contribution in [-0.2, 0) is 4.79 Å². The Balaban J connectivity index is 1.55. The SMILES string of the molecule is CCCCCCC1CCC2C3CCC4=CC(=O)C=CC4(C)C3C(O)CC12C. The van der Waals surface area contributed by atoms with Gasteiger partial charge in [0.05, 0.1) is 6.10 Å². The highest BCUT2D eigenvalue weighted by Crippen LogP contribution is 2.66. The maximum atomic E-state index is 11.9. The summed E-state index contributed by atoms with van der Waals surface area (Å²) in [6.45, 7) is 7.06. The quantitative estimate of drug-likeness (QED) is 0.616. The molecule has 2 nitrogen and oxygen atoms in total. The van der Waals surface area contributed by atoms with Crippen LogP contribution in [0.15, 0.2) is 23.8 Å². The van der Waals surface area contributed by atoms with Crippen molar-refractivity contribution in [1.29, 1.82) is 0 Å². The van der Waals surface area contributed by atoms with E-state index in [4.69, 9.17) is 0 Å². The first-order valence-electron chi connectivity index (χ1n) is 11.5. The molecule has 0 aromatic heterocycles.